The number of unbranched alkanes of at least 4 members (excludes halogenated alkanes) is 2. The molecule has 1 unspecified atom stereocenters. The Morgan fingerprint density at radius 3 is 2.33 bits per heavy atom. The Balaban J connectivity index is 0. The zero-order chi connectivity index (χ0) is 12.1. The second-order valence-electron chi connectivity index (χ2n) is 3.52. The molecule has 0 aromatic rings. The van der Waals surface area contributed by atoms with Crippen molar-refractivity contribution in [3.05, 3.63) is 0 Å². The lowest BCUT2D eigenvalue weighted by molar-refractivity contribution is -0.141. The molecule has 92 valence electrons. The molecule has 0 fully saturated rings. The lowest BCUT2D eigenvalue weighted by Gasteiger charge is -2.03. The van der Waals surface area contributed by atoms with Gasteiger partial charge in [-0.1, -0.05) is 33.1 Å². The van der Waals surface area contributed by atoms with Crippen molar-refractivity contribution in [1.29, 1.82) is 0 Å². The molecular weight excluding hydrogens is 194 g/mol. The van der Waals surface area contributed by atoms with Crippen LogP contribution in [0.25, 0.3) is 0 Å². The highest BCUT2D eigenvalue weighted by molar-refractivity contribution is 5.69. The molecule has 0 rings (SSSR count). The zero-order valence-electron chi connectivity index (χ0n) is 10.2. The Morgan fingerprint density at radius 1 is 1.47 bits per heavy atom. The van der Waals surface area contributed by atoms with Crippen LogP contribution in [-0.2, 0) is 9.53 Å². The second-order valence-corrected chi connectivity index (χ2v) is 3.52. The summed E-state index contributed by atoms with van der Waals surface area (Å²) in [6.45, 7) is 5.17. The summed E-state index contributed by atoms with van der Waals surface area (Å²) in [7, 11) is 1.63. The lowest BCUT2D eigenvalue weighted by Crippen LogP contribution is -2.08. The van der Waals surface area contributed by atoms with Crippen LogP contribution in [0.1, 0.15) is 39.5 Å². The average Bonchev–Trinajstić information content (AvgIpc) is 2.20. The van der Waals surface area contributed by atoms with Crippen molar-refractivity contribution in [3.8, 4) is 0 Å². The van der Waals surface area contributed by atoms with E-state index >= 15 is 0 Å². The highest BCUT2D eigenvalue weighted by Crippen LogP contribution is 2.08. The first-order valence-corrected chi connectivity index (χ1v) is 5.51. The van der Waals surface area contributed by atoms with Crippen LogP contribution >= 0.6 is 0 Å². The predicted octanol–water partition coefficient (Wildman–Crippen LogP) is 1.88. The van der Waals surface area contributed by atoms with Gasteiger partial charge >= 0.3 is 5.97 Å². The topological polar surface area (TPSA) is 72.5 Å². The number of carbonyl (C=O) groups is 1. The van der Waals surface area contributed by atoms with E-state index in [1.54, 1.807) is 14.0 Å². The molecule has 0 aromatic heterocycles. The number of hydrogen-bond acceptors (Lipinski definition) is 3. The van der Waals surface area contributed by atoms with Gasteiger partial charge in [-0.15, -0.1) is 0 Å². The first-order valence-electron chi connectivity index (χ1n) is 5.51. The summed E-state index contributed by atoms with van der Waals surface area (Å²) in [6, 6.07) is 0. The smallest absolute Gasteiger partial charge is 0.306 e. The molecule has 0 aliphatic heterocycles. The molecule has 0 aromatic carbocycles. The van der Waals surface area contributed by atoms with E-state index in [9.17, 15) is 4.79 Å². The van der Waals surface area contributed by atoms with Gasteiger partial charge in [-0.25, -0.2) is 0 Å². The molecule has 15 heavy (non-hydrogen) atoms. The standard InChI is InChI=1S/C8H16O2.C3H9NO/c1-3-4-5-6-7(2)8(9)10;1-5-3-2-4/h7H,3-6H2,1-2H3,(H,9,10);2-4H2,1H3. The number of ether oxygens (including phenoxy) is 1. The molecule has 0 heterocycles. The largest absolute Gasteiger partial charge is 0.481 e. The molecule has 4 heteroatoms. The van der Waals surface area contributed by atoms with Gasteiger partial charge in [-0.05, 0) is 6.42 Å². The number of aliphatic carboxylic acids is 1. The summed E-state index contributed by atoms with van der Waals surface area (Å²) in [6.07, 6.45) is 4.18. The molecular formula is C11H25NO3. The highest BCUT2D eigenvalue weighted by atomic mass is 16.5. The summed E-state index contributed by atoms with van der Waals surface area (Å²) >= 11 is 0. The number of carboxylic acids is 1. The van der Waals surface area contributed by atoms with Crippen molar-refractivity contribution in [1.82, 2.24) is 0 Å². The fourth-order valence-electron chi connectivity index (χ4n) is 0.942. The van der Waals surface area contributed by atoms with Gasteiger partial charge in [0.1, 0.15) is 0 Å². The summed E-state index contributed by atoms with van der Waals surface area (Å²) < 4.78 is 4.57. The summed E-state index contributed by atoms with van der Waals surface area (Å²) in [4.78, 5) is 10.3. The van der Waals surface area contributed by atoms with E-state index in [-0.39, 0.29) is 5.92 Å². The van der Waals surface area contributed by atoms with Crippen LogP contribution in [0, 0.1) is 5.92 Å². The van der Waals surface area contributed by atoms with E-state index in [0.29, 0.717) is 13.2 Å². The third-order valence-corrected chi connectivity index (χ3v) is 1.98. The van der Waals surface area contributed by atoms with Gasteiger partial charge in [0, 0.05) is 13.7 Å². The molecule has 1 atom stereocenters. The van der Waals surface area contributed by atoms with Gasteiger partial charge in [0.2, 0.25) is 0 Å². The van der Waals surface area contributed by atoms with Crippen molar-refractivity contribution in [2.24, 2.45) is 11.7 Å². The first kappa shape index (κ1) is 16.8. The molecule has 0 bridgehead atoms. The van der Waals surface area contributed by atoms with Gasteiger partial charge in [0.05, 0.1) is 12.5 Å². The highest BCUT2D eigenvalue weighted by Gasteiger charge is 2.08. The molecule has 0 spiro atoms. The lowest BCUT2D eigenvalue weighted by atomic mass is 10.0. The molecule has 0 saturated carbocycles. The first-order chi connectivity index (χ1) is 7.09. The summed E-state index contributed by atoms with van der Waals surface area (Å²) in [5, 5.41) is 8.48. The van der Waals surface area contributed by atoms with Gasteiger partial charge in [0.25, 0.3) is 0 Å². The molecule has 0 amide bonds. The van der Waals surface area contributed by atoms with Crippen LogP contribution < -0.4 is 5.73 Å². The Hall–Kier alpha value is -0.610. The van der Waals surface area contributed by atoms with Gasteiger partial charge in [-0.3, -0.25) is 4.79 Å². The van der Waals surface area contributed by atoms with Crippen LogP contribution in [0.4, 0.5) is 0 Å². The van der Waals surface area contributed by atoms with Gasteiger partial charge < -0.3 is 15.6 Å². The Bertz CT molecular complexity index is 138. The van der Waals surface area contributed by atoms with Crippen LogP contribution in [0.15, 0.2) is 0 Å². The van der Waals surface area contributed by atoms with Crippen molar-refractivity contribution < 1.29 is 14.6 Å². The van der Waals surface area contributed by atoms with E-state index in [0.717, 1.165) is 25.7 Å². The van der Waals surface area contributed by atoms with Crippen LogP contribution in [0.3, 0.4) is 0 Å². The van der Waals surface area contributed by atoms with E-state index in [4.69, 9.17) is 10.8 Å². The molecule has 4 nitrogen and oxygen atoms in total. The summed E-state index contributed by atoms with van der Waals surface area (Å²) in [5.74, 6) is -0.831. The third kappa shape index (κ3) is 16.1. The van der Waals surface area contributed by atoms with E-state index < -0.39 is 5.97 Å². The van der Waals surface area contributed by atoms with Crippen molar-refractivity contribution in [3.63, 3.8) is 0 Å². The minimum atomic E-state index is -0.670. The maximum atomic E-state index is 10.3. The van der Waals surface area contributed by atoms with Crippen molar-refractivity contribution in [2.45, 2.75) is 39.5 Å². The van der Waals surface area contributed by atoms with E-state index in [1.165, 1.54) is 0 Å². The normalized spacial score (nSPS) is 11.5. The fourth-order valence-corrected chi connectivity index (χ4v) is 0.942. The number of methoxy groups -OCH3 is 1. The number of carboxylic acid groups (broad SMARTS) is 1. The monoisotopic (exact) mass is 219 g/mol. The molecule has 0 aliphatic carbocycles. The Kier molecular flexibility index (Phi) is 15.0. The Morgan fingerprint density at radius 2 is 2.07 bits per heavy atom. The minimum absolute atomic E-state index is 0.161. The fraction of sp³-hybridized carbons (Fsp3) is 0.909. The average molecular weight is 219 g/mol. The second kappa shape index (κ2) is 13.4. The maximum Gasteiger partial charge on any atom is 0.306 e. The van der Waals surface area contributed by atoms with E-state index in [2.05, 4.69) is 11.7 Å². The van der Waals surface area contributed by atoms with Gasteiger partial charge in [0.15, 0.2) is 0 Å². The maximum absolute atomic E-state index is 10.3. The minimum Gasteiger partial charge on any atom is -0.481 e. The van der Waals surface area contributed by atoms with Crippen molar-refractivity contribution >= 4 is 5.97 Å². The van der Waals surface area contributed by atoms with Crippen molar-refractivity contribution in [2.75, 3.05) is 20.3 Å². The number of nitrogens with two attached hydrogens (primary N) is 1. The Labute approximate surface area is 92.8 Å². The molecule has 0 saturated heterocycles. The zero-order valence-corrected chi connectivity index (χ0v) is 10.2. The number of rotatable bonds is 7. The van der Waals surface area contributed by atoms with E-state index in [1.807, 2.05) is 0 Å². The van der Waals surface area contributed by atoms with Crippen LogP contribution in [-0.4, -0.2) is 31.3 Å². The van der Waals surface area contributed by atoms with Crippen LogP contribution in [0.5, 0.6) is 0 Å². The van der Waals surface area contributed by atoms with Crippen LogP contribution in [0.2, 0.25) is 0 Å². The van der Waals surface area contributed by atoms with Gasteiger partial charge in [-0.2, -0.15) is 0 Å². The molecule has 0 aliphatic rings. The quantitative estimate of drug-likeness (QED) is 0.641. The third-order valence-electron chi connectivity index (χ3n) is 1.98. The summed E-state index contributed by atoms with van der Waals surface area (Å²) in [5.41, 5.74) is 5.01. The molecule has 0 radical (unpaired) electrons. The molecule has 3 N–H and O–H groups in total. The SMILES string of the molecule is CCCCCC(C)C(=O)O.COCCN. The predicted molar refractivity (Wildman–Crippen MR) is 61.9 cm³/mol. The number of hydrogen-bond donors (Lipinski definition) is 2.